The third-order valence-corrected chi connectivity index (χ3v) is 5.55. The second kappa shape index (κ2) is 8.75. The van der Waals surface area contributed by atoms with E-state index in [0.717, 1.165) is 6.20 Å². The number of alkyl halides is 3. The molecule has 4 N–H and O–H groups in total. The van der Waals surface area contributed by atoms with E-state index >= 15 is 0 Å². The summed E-state index contributed by atoms with van der Waals surface area (Å²) in [6.45, 7) is 2.12. The fourth-order valence-electron chi connectivity index (χ4n) is 3.51. The van der Waals surface area contributed by atoms with E-state index in [1.165, 1.54) is 36.7 Å². The zero-order chi connectivity index (χ0) is 24.7. The molecule has 3 heterocycles. The third kappa shape index (κ3) is 5.22. The van der Waals surface area contributed by atoms with Crippen LogP contribution in [0.15, 0.2) is 36.8 Å². The van der Waals surface area contributed by atoms with E-state index in [4.69, 9.17) is 0 Å². The first-order valence-electron chi connectivity index (χ1n) is 10.6. The number of halogens is 4. The average molecular weight is 480 g/mol. The van der Waals surface area contributed by atoms with E-state index < -0.39 is 42.0 Å². The van der Waals surface area contributed by atoms with Crippen LogP contribution >= 0.6 is 0 Å². The topological polar surface area (TPSA) is 104 Å². The summed E-state index contributed by atoms with van der Waals surface area (Å²) in [6.07, 6.45) is 1.37. The lowest BCUT2D eigenvalue weighted by molar-refractivity contribution is -0.0793. The lowest BCUT2D eigenvalue weighted by Gasteiger charge is -2.36. The average Bonchev–Trinajstić information content (AvgIpc) is 3.10. The van der Waals surface area contributed by atoms with E-state index in [9.17, 15) is 27.5 Å². The largest absolute Gasteiger partial charge is 0.387 e. The third-order valence-electron chi connectivity index (χ3n) is 5.55. The Bertz CT molecular complexity index is 1200. The summed E-state index contributed by atoms with van der Waals surface area (Å²) in [7, 11) is 0. The van der Waals surface area contributed by atoms with Crippen molar-refractivity contribution in [3.63, 3.8) is 0 Å². The molecule has 0 saturated heterocycles. The van der Waals surface area contributed by atoms with Crippen molar-refractivity contribution >= 4 is 28.6 Å². The van der Waals surface area contributed by atoms with Crippen LogP contribution in [0.5, 0.6) is 0 Å². The molecule has 0 bridgehead atoms. The molecule has 3 aromatic heterocycles. The summed E-state index contributed by atoms with van der Waals surface area (Å²) >= 11 is 0. The quantitative estimate of drug-likeness (QED) is 0.367. The van der Waals surface area contributed by atoms with Crippen LogP contribution in [-0.2, 0) is 0 Å². The van der Waals surface area contributed by atoms with Crippen LogP contribution in [0, 0.1) is 5.82 Å². The molecule has 182 valence electrons. The highest BCUT2D eigenvalue weighted by molar-refractivity contribution is 6.00. The predicted molar refractivity (Wildman–Crippen MR) is 118 cm³/mol. The fraction of sp³-hybridized carbons (Fsp3) is 0.409. The number of fused-ring (bicyclic) bond motifs is 1. The van der Waals surface area contributed by atoms with Crippen LogP contribution in [-0.4, -0.2) is 55.9 Å². The number of pyridine rings is 2. The van der Waals surface area contributed by atoms with Crippen molar-refractivity contribution < 1.29 is 27.5 Å². The van der Waals surface area contributed by atoms with Gasteiger partial charge < -0.3 is 21.1 Å². The van der Waals surface area contributed by atoms with Gasteiger partial charge in [0.25, 0.3) is 11.8 Å². The molecule has 8 nitrogen and oxygen atoms in total. The molecule has 0 radical (unpaired) electrons. The van der Waals surface area contributed by atoms with Gasteiger partial charge in [-0.15, -0.1) is 0 Å². The maximum atomic E-state index is 14.0. The van der Waals surface area contributed by atoms with Gasteiger partial charge in [0, 0.05) is 43.0 Å². The first kappa shape index (κ1) is 23.7. The summed E-state index contributed by atoms with van der Waals surface area (Å²) in [5.41, 5.74) is -0.660. The summed E-state index contributed by atoms with van der Waals surface area (Å²) < 4.78 is 55.9. The number of nitrogens with zero attached hydrogens (tertiary/aromatic N) is 3. The molecule has 1 amide bonds. The molecule has 1 atom stereocenters. The van der Waals surface area contributed by atoms with Crippen LogP contribution in [0.2, 0.25) is 0 Å². The molecular weight excluding hydrogens is 456 g/mol. The summed E-state index contributed by atoms with van der Waals surface area (Å²) in [4.78, 5) is 16.9. The lowest BCUT2D eigenvalue weighted by atomic mass is 9.88. The predicted octanol–water partition coefficient (Wildman–Crippen LogP) is 3.66. The molecule has 1 aliphatic carbocycles. The van der Waals surface area contributed by atoms with Gasteiger partial charge in [0.2, 0.25) is 0 Å². The van der Waals surface area contributed by atoms with Gasteiger partial charge >= 0.3 is 0 Å². The molecule has 34 heavy (non-hydrogen) atoms. The number of carbonyl (C=O) groups excluding carboxylic acids is 1. The van der Waals surface area contributed by atoms with E-state index in [1.54, 1.807) is 12.3 Å². The molecule has 1 fully saturated rings. The van der Waals surface area contributed by atoms with Gasteiger partial charge in [-0.3, -0.25) is 4.79 Å². The second-order valence-corrected chi connectivity index (χ2v) is 8.91. The van der Waals surface area contributed by atoms with E-state index in [1.807, 2.05) is 0 Å². The molecule has 1 aliphatic rings. The Morgan fingerprint density at radius 1 is 1.32 bits per heavy atom. The molecule has 0 aliphatic heterocycles. The van der Waals surface area contributed by atoms with Crippen LogP contribution in [0.3, 0.4) is 0 Å². The Labute approximate surface area is 192 Å². The van der Waals surface area contributed by atoms with Crippen LogP contribution in [0.25, 0.3) is 5.52 Å². The Morgan fingerprint density at radius 3 is 2.74 bits per heavy atom. The number of hydrogen-bond acceptors (Lipinski definition) is 6. The Morgan fingerprint density at radius 2 is 2.06 bits per heavy atom. The Kier molecular flexibility index (Phi) is 6.11. The smallest absolute Gasteiger partial charge is 0.255 e. The van der Waals surface area contributed by atoms with Crippen molar-refractivity contribution in [2.24, 2.45) is 0 Å². The monoisotopic (exact) mass is 480 g/mol. The summed E-state index contributed by atoms with van der Waals surface area (Å²) in [5, 5.41) is 21.9. The molecule has 12 heteroatoms. The normalized spacial score (nSPS) is 16.7. The standard InChI is InChI=1S/C22H24F4N6O2/c1-21(2,34)18(24)11-28-20(33)14-9-27-19(6-16(14)30-13-7-22(25,26)8-13)31-12-3-4-32-17(5-12)15(23)10-29-32/h3-6,9-10,13,18,34H,7-8,11H2,1-2H3,(H,28,33)(H2,27,30,31). The lowest BCUT2D eigenvalue weighted by Crippen LogP contribution is -2.45. The number of aliphatic hydroxyl groups is 1. The van der Waals surface area contributed by atoms with Gasteiger partial charge in [0.15, 0.2) is 5.82 Å². The van der Waals surface area contributed by atoms with Gasteiger partial charge in [-0.25, -0.2) is 27.1 Å². The molecule has 3 aromatic rings. The van der Waals surface area contributed by atoms with Crippen LogP contribution < -0.4 is 16.0 Å². The second-order valence-electron chi connectivity index (χ2n) is 8.91. The first-order valence-corrected chi connectivity index (χ1v) is 10.6. The minimum Gasteiger partial charge on any atom is -0.387 e. The number of nitrogens with one attached hydrogen (secondary N) is 3. The highest BCUT2D eigenvalue weighted by Gasteiger charge is 2.45. The van der Waals surface area contributed by atoms with E-state index in [0.29, 0.717) is 5.69 Å². The van der Waals surface area contributed by atoms with E-state index in [-0.39, 0.29) is 35.4 Å². The van der Waals surface area contributed by atoms with Gasteiger partial charge in [-0.1, -0.05) is 0 Å². The van der Waals surface area contributed by atoms with Crippen molar-refractivity contribution in [3.8, 4) is 0 Å². The molecular formula is C22H24F4N6O2. The minimum absolute atomic E-state index is 0.0287. The fourth-order valence-corrected chi connectivity index (χ4v) is 3.51. The van der Waals surface area contributed by atoms with Crippen molar-refractivity contribution in [3.05, 3.63) is 48.2 Å². The number of hydrogen-bond donors (Lipinski definition) is 4. The Balaban J connectivity index is 1.55. The van der Waals surface area contributed by atoms with Crippen molar-refractivity contribution in [2.75, 3.05) is 17.2 Å². The van der Waals surface area contributed by atoms with Crippen molar-refractivity contribution in [1.82, 2.24) is 19.9 Å². The van der Waals surface area contributed by atoms with Gasteiger partial charge in [-0.2, -0.15) is 5.10 Å². The number of rotatable bonds is 8. The summed E-state index contributed by atoms with van der Waals surface area (Å²) in [5.74, 6) is -3.68. The first-order chi connectivity index (χ1) is 15.9. The highest BCUT2D eigenvalue weighted by Crippen LogP contribution is 2.39. The zero-order valence-corrected chi connectivity index (χ0v) is 18.4. The SMILES string of the molecule is CC(C)(O)C(F)CNC(=O)c1cnc(Nc2ccn3ncc(F)c3c2)cc1NC1CC(F)(F)C1. The molecule has 0 aromatic carbocycles. The van der Waals surface area contributed by atoms with Gasteiger partial charge in [0.1, 0.15) is 17.5 Å². The van der Waals surface area contributed by atoms with Crippen LogP contribution in [0.1, 0.15) is 37.0 Å². The Hall–Kier alpha value is -3.41. The number of aromatic nitrogens is 3. The van der Waals surface area contributed by atoms with E-state index in [2.05, 4.69) is 26.0 Å². The maximum absolute atomic E-state index is 14.0. The van der Waals surface area contributed by atoms with Crippen molar-refractivity contribution in [2.45, 2.75) is 50.4 Å². The minimum atomic E-state index is -2.77. The number of carbonyl (C=O) groups is 1. The zero-order valence-electron chi connectivity index (χ0n) is 18.4. The van der Waals surface area contributed by atoms with Crippen molar-refractivity contribution in [1.29, 1.82) is 0 Å². The van der Waals surface area contributed by atoms with Gasteiger partial charge in [0.05, 0.1) is 29.6 Å². The number of amides is 1. The molecule has 1 unspecified atom stereocenters. The molecule has 1 saturated carbocycles. The van der Waals surface area contributed by atoms with Gasteiger partial charge in [-0.05, 0) is 26.0 Å². The molecule has 0 spiro atoms. The maximum Gasteiger partial charge on any atom is 0.255 e. The highest BCUT2D eigenvalue weighted by atomic mass is 19.3. The van der Waals surface area contributed by atoms with Crippen LogP contribution in [0.4, 0.5) is 34.8 Å². The summed E-state index contributed by atoms with van der Waals surface area (Å²) in [6, 6.07) is 4.06. The molecule has 4 rings (SSSR count). The number of anilines is 3.